The second-order valence-electron chi connectivity index (χ2n) is 8.38. The third-order valence-corrected chi connectivity index (χ3v) is 4.87. The van der Waals surface area contributed by atoms with E-state index in [1.165, 1.54) is 0 Å². The Bertz CT molecular complexity index is 498. The molecule has 23 heavy (non-hydrogen) atoms. The van der Waals surface area contributed by atoms with Gasteiger partial charge < -0.3 is 0 Å². The van der Waals surface area contributed by atoms with Crippen LogP contribution in [0.25, 0.3) is 0 Å². The van der Waals surface area contributed by atoms with Crippen LogP contribution in [0.5, 0.6) is 0 Å². The van der Waals surface area contributed by atoms with Crippen molar-refractivity contribution >= 4 is 21.7 Å². The molecule has 0 fully saturated rings. The van der Waals surface area contributed by atoms with Crippen LogP contribution in [-0.2, 0) is 19.7 Å². The number of hydrogen-bond acceptors (Lipinski definition) is 4. The Balaban J connectivity index is 3.98. The molecular weight excluding hydrogens is 316 g/mol. The molecule has 0 rings (SSSR count). The van der Waals surface area contributed by atoms with Crippen molar-refractivity contribution in [2.75, 3.05) is 5.75 Å². The Labute approximate surface area is 141 Å². The van der Waals surface area contributed by atoms with Crippen molar-refractivity contribution in [3.8, 4) is 0 Å². The molecule has 0 amide bonds. The Kier molecular flexibility index (Phi) is 8.63. The van der Waals surface area contributed by atoms with Gasteiger partial charge in [-0.3, -0.25) is 14.1 Å². The lowest BCUT2D eigenvalue weighted by molar-refractivity contribution is -0.120. The maximum atomic E-state index is 11.8. The van der Waals surface area contributed by atoms with Gasteiger partial charge in [-0.1, -0.05) is 34.6 Å². The van der Waals surface area contributed by atoms with E-state index in [0.29, 0.717) is 32.1 Å². The van der Waals surface area contributed by atoms with Gasteiger partial charge in [-0.05, 0) is 30.1 Å². The van der Waals surface area contributed by atoms with E-state index in [0.717, 1.165) is 6.42 Å². The zero-order valence-corrected chi connectivity index (χ0v) is 16.0. The SMILES string of the molecule is CC(C)(C)CCC(=O)CCCC(=O)CCC(C)(C)CS(=O)(=O)O. The summed E-state index contributed by atoms with van der Waals surface area (Å²) in [6.45, 7) is 9.71. The van der Waals surface area contributed by atoms with Crippen molar-refractivity contribution in [1.82, 2.24) is 0 Å². The van der Waals surface area contributed by atoms with E-state index in [4.69, 9.17) is 4.55 Å². The predicted molar refractivity (Wildman–Crippen MR) is 92.0 cm³/mol. The molecule has 0 heterocycles. The molecule has 0 radical (unpaired) electrons. The van der Waals surface area contributed by atoms with Gasteiger partial charge in [0.1, 0.15) is 11.6 Å². The summed E-state index contributed by atoms with van der Waals surface area (Å²) in [6.07, 6.45) is 3.42. The Morgan fingerprint density at radius 1 is 0.826 bits per heavy atom. The predicted octanol–water partition coefficient (Wildman–Crippen LogP) is 3.82. The molecule has 0 saturated carbocycles. The number of carbonyl (C=O) groups is 2. The van der Waals surface area contributed by atoms with Gasteiger partial charge in [0.15, 0.2) is 0 Å². The molecule has 0 atom stereocenters. The highest BCUT2D eigenvalue weighted by atomic mass is 32.2. The highest BCUT2D eigenvalue weighted by Crippen LogP contribution is 2.25. The summed E-state index contributed by atoms with van der Waals surface area (Å²) in [6, 6.07) is 0. The normalized spacial score (nSPS) is 13.1. The molecule has 0 unspecified atom stereocenters. The molecule has 6 heteroatoms. The van der Waals surface area contributed by atoms with Gasteiger partial charge in [0.25, 0.3) is 10.1 Å². The fraction of sp³-hybridized carbons (Fsp3) is 0.882. The summed E-state index contributed by atoms with van der Waals surface area (Å²) < 4.78 is 30.7. The van der Waals surface area contributed by atoms with Gasteiger partial charge in [0, 0.05) is 25.7 Å². The van der Waals surface area contributed by atoms with E-state index in [1.54, 1.807) is 13.8 Å². The number of rotatable bonds is 11. The molecule has 0 aromatic heterocycles. The fourth-order valence-corrected chi connectivity index (χ4v) is 3.42. The zero-order valence-electron chi connectivity index (χ0n) is 15.1. The summed E-state index contributed by atoms with van der Waals surface area (Å²) in [7, 11) is -4.03. The molecule has 0 bridgehead atoms. The first-order valence-electron chi connectivity index (χ1n) is 8.19. The minimum atomic E-state index is -4.03. The molecule has 0 saturated heterocycles. The number of ketones is 2. The lowest BCUT2D eigenvalue weighted by Gasteiger charge is -2.22. The molecule has 1 N–H and O–H groups in total. The van der Waals surface area contributed by atoms with Crippen molar-refractivity contribution in [3.05, 3.63) is 0 Å². The zero-order chi connectivity index (χ0) is 18.3. The average Bonchev–Trinajstić information content (AvgIpc) is 2.30. The minimum Gasteiger partial charge on any atom is -0.300 e. The van der Waals surface area contributed by atoms with Crippen LogP contribution in [0.3, 0.4) is 0 Å². The lowest BCUT2D eigenvalue weighted by Crippen LogP contribution is -2.24. The highest BCUT2D eigenvalue weighted by molar-refractivity contribution is 7.85. The van der Waals surface area contributed by atoms with Crippen LogP contribution in [0.4, 0.5) is 0 Å². The Morgan fingerprint density at radius 2 is 1.26 bits per heavy atom. The van der Waals surface area contributed by atoms with Crippen molar-refractivity contribution < 1.29 is 22.6 Å². The quantitative estimate of drug-likeness (QED) is 0.573. The lowest BCUT2D eigenvalue weighted by atomic mass is 9.88. The van der Waals surface area contributed by atoms with Crippen LogP contribution in [0, 0.1) is 10.8 Å². The van der Waals surface area contributed by atoms with Crippen molar-refractivity contribution in [2.45, 2.75) is 79.6 Å². The molecule has 0 aromatic carbocycles. The van der Waals surface area contributed by atoms with Crippen molar-refractivity contribution in [3.63, 3.8) is 0 Å². The van der Waals surface area contributed by atoms with Gasteiger partial charge in [-0.25, -0.2) is 0 Å². The third kappa shape index (κ3) is 14.6. The van der Waals surface area contributed by atoms with Gasteiger partial charge in [-0.15, -0.1) is 0 Å². The van der Waals surface area contributed by atoms with E-state index in [-0.39, 0.29) is 29.2 Å². The third-order valence-electron chi connectivity index (χ3n) is 3.72. The molecule has 0 aliphatic rings. The van der Waals surface area contributed by atoms with Crippen LogP contribution in [0.1, 0.15) is 79.6 Å². The topological polar surface area (TPSA) is 88.5 Å². The summed E-state index contributed by atoms with van der Waals surface area (Å²) >= 11 is 0. The second kappa shape index (κ2) is 8.92. The van der Waals surface area contributed by atoms with Gasteiger partial charge in [0.2, 0.25) is 0 Å². The molecule has 0 aliphatic heterocycles. The molecule has 136 valence electrons. The van der Waals surface area contributed by atoms with E-state index >= 15 is 0 Å². The van der Waals surface area contributed by atoms with Crippen molar-refractivity contribution in [2.24, 2.45) is 10.8 Å². The summed E-state index contributed by atoms with van der Waals surface area (Å²) in [4.78, 5) is 23.6. The van der Waals surface area contributed by atoms with E-state index < -0.39 is 15.5 Å². The average molecular weight is 349 g/mol. The number of carbonyl (C=O) groups excluding carboxylic acids is 2. The maximum Gasteiger partial charge on any atom is 0.265 e. The molecule has 0 aliphatic carbocycles. The Morgan fingerprint density at radius 3 is 1.65 bits per heavy atom. The van der Waals surface area contributed by atoms with E-state index in [2.05, 4.69) is 20.8 Å². The summed E-state index contributed by atoms with van der Waals surface area (Å²) in [5.41, 5.74) is -0.490. The number of hydrogen-bond donors (Lipinski definition) is 1. The van der Waals surface area contributed by atoms with Crippen LogP contribution in [-0.4, -0.2) is 30.3 Å². The fourth-order valence-electron chi connectivity index (χ4n) is 2.29. The first kappa shape index (κ1) is 22.2. The van der Waals surface area contributed by atoms with Crippen LogP contribution in [0.2, 0.25) is 0 Å². The van der Waals surface area contributed by atoms with Gasteiger partial charge in [0.05, 0.1) is 5.75 Å². The van der Waals surface area contributed by atoms with Gasteiger partial charge >= 0.3 is 0 Å². The largest absolute Gasteiger partial charge is 0.300 e. The highest BCUT2D eigenvalue weighted by Gasteiger charge is 2.25. The first-order valence-corrected chi connectivity index (χ1v) is 9.80. The smallest absolute Gasteiger partial charge is 0.265 e. The monoisotopic (exact) mass is 348 g/mol. The Hall–Kier alpha value is -0.750. The minimum absolute atomic E-state index is 0.0389. The molecule has 0 aromatic rings. The second-order valence-corrected chi connectivity index (χ2v) is 9.83. The standard InChI is InChI=1S/C17H32O5S/c1-16(2,3)11-9-14(18)7-6-8-15(19)10-12-17(4,5)13-23(20,21)22/h6-13H2,1-5H3,(H,20,21,22). The van der Waals surface area contributed by atoms with Crippen LogP contribution in [0.15, 0.2) is 0 Å². The van der Waals surface area contributed by atoms with Crippen LogP contribution >= 0.6 is 0 Å². The van der Waals surface area contributed by atoms with E-state index in [1.807, 2.05) is 0 Å². The molecule has 5 nitrogen and oxygen atoms in total. The van der Waals surface area contributed by atoms with Crippen LogP contribution < -0.4 is 0 Å². The first-order chi connectivity index (χ1) is 10.2. The molecular formula is C17H32O5S. The summed E-state index contributed by atoms with van der Waals surface area (Å²) in [5.74, 6) is -0.116. The van der Waals surface area contributed by atoms with Gasteiger partial charge in [-0.2, -0.15) is 8.42 Å². The van der Waals surface area contributed by atoms with Crippen molar-refractivity contribution in [1.29, 1.82) is 0 Å². The number of Topliss-reactive ketones (excluding diaryl/α,β-unsaturated/α-hetero) is 2. The summed E-state index contributed by atoms with van der Waals surface area (Å²) in [5, 5.41) is 0. The maximum absolute atomic E-state index is 11.8. The molecule has 0 spiro atoms. The van der Waals surface area contributed by atoms with E-state index in [9.17, 15) is 18.0 Å².